The van der Waals surface area contributed by atoms with Gasteiger partial charge in [0.25, 0.3) is 0 Å². The highest BCUT2D eigenvalue weighted by atomic mass is 79.9. The van der Waals surface area contributed by atoms with Crippen molar-refractivity contribution in [1.29, 1.82) is 0 Å². The van der Waals surface area contributed by atoms with Crippen molar-refractivity contribution in [3.05, 3.63) is 69.7 Å². The molecule has 1 nitrogen and oxygen atoms in total. The van der Waals surface area contributed by atoms with E-state index >= 15 is 0 Å². The predicted molar refractivity (Wildman–Crippen MR) is 83.5 cm³/mol. The third-order valence-corrected chi connectivity index (χ3v) is 4.08. The number of Topliss-reactive ketones (excluding diaryl/α,β-unsaturated/α-hetero) is 1. The number of carbonyl (C=O) groups excluding carboxylic acids is 1. The highest BCUT2D eigenvalue weighted by Gasteiger charge is 2.14. The molecule has 1 atom stereocenters. The van der Waals surface area contributed by atoms with E-state index < -0.39 is 0 Å². The summed E-state index contributed by atoms with van der Waals surface area (Å²) in [5.41, 5.74) is 1.66. The Bertz CT molecular complexity index is 581. The minimum absolute atomic E-state index is 0.0313. The van der Waals surface area contributed by atoms with Crippen LogP contribution in [0.25, 0.3) is 0 Å². The fraction of sp³-hybridized carbons (Fsp3) is 0.133. The fourth-order valence-corrected chi connectivity index (χ4v) is 2.65. The maximum absolute atomic E-state index is 12.1. The van der Waals surface area contributed by atoms with Crippen LogP contribution < -0.4 is 0 Å². The van der Waals surface area contributed by atoms with Gasteiger partial charge in [0.2, 0.25) is 0 Å². The largest absolute Gasteiger partial charge is 0.294 e. The predicted octanol–water partition coefficient (Wildman–Crippen LogP) is 5.70. The van der Waals surface area contributed by atoms with E-state index in [-0.39, 0.29) is 10.6 Å². The Hall–Kier alpha value is -0.830. The summed E-state index contributed by atoms with van der Waals surface area (Å²) in [6, 6.07) is 14.4. The Morgan fingerprint density at radius 3 is 2.37 bits per heavy atom. The molecule has 0 bridgehead atoms. The molecule has 0 aliphatic heterocycles. The first-order valence-corrected chi connectivity index (χ1v) is 7.42. The maximum atomic E-state index is 12.1. The molecule has 0 amide bonds. The van der Waals surface area contributed by atoms with Gasteiger partial charge in [0.1, 0.15) is 0 Å². The Kier molecular flexibility index (Phi) is 5.03. The zero-order valence-corrected chi connectivity index (χ0v) is 13.0. The average molecular weight is 358 g/mol. The highest BCUT2D eigenvalue weighted by molar-refractivity contribution is 9.09. The zero-order valence-electron chi connectivity index (χ0n) is 9.95. The smallest absolute Gasteiger partial charge is 0.164 e. The van der Waals surface area contributed by atoms with E-state index in [9.17, 15) is 4.79 Å². The first-order valence-electron chi connectivity index (χ1n) is 5.74. The second-order valence-electron chi connectivity index (χ2n) is 4.16. The van der Waals surface area contributed by atoms with Crippen LogP contribution >= 0.6 is 39.1 Å². The van der Waals surface area contributed by atoms with Crippen LogP contribution in [0, 0.1) is 0 Å². The number of alkyl halides is 1. The lowest BCUT2D eigenvalue weighted by Gasteiger charge is -2.09. The normalized spacial score (nSPS) is 12.2. The summed E-state index contributed by atoms with van der Waals surface area (Å²) in [5, 5.41) is 1.26. The van der Waals surface area contributed by atoms with E-state index in [1.54, 1.807) is 24.3 Å². The van der Waals surface area contributed by atoms with Gasteiger partial charge in [0.05, 0.1) is 0 Å². The number of halogens is 3. The van der Waals surface area contributed by atoms with Crippen LogP contribution in [0.2, 0.25) is 10.0 Å². The van der Waals surface area contributed by atoms with Crippen LogP contribution in [0.4, 0.5) is 0 Å². The Labute approximate surface area is 130 Å². The van der Waals surface area contributed by atoms with E-state index in [2.05, 4.69) is 15.9 Å². The molecule has 0 saturated carbocycles. The number of hydrogen-bond donors (Lipinski definition) is 0. The van der Waals surface area contributed by atoms with E-state index in [0.717, 1.165) is 5.56 Å². The van der Waals surface area contributed by atoms with Gasteiger partial charge in [-0.05, 0) is 29.8 Å². The lowest BCUT2D eigenvalue weighted by molar-refractivity contribution is 0.0982. The van der Waals surface area contributed by atoms with Crippen molar-refractivity contribution < 1.29 is 4.79 Å². The van der Waals surface area contributed by atoms with Crippen molar-refractivity contribution in [2.75, 3.05) is 0 Å². The third kappa shape index (κ3) is 4.07. The number of rotatable bonds is 4. The third-order valence-electron chi connectivity index (χ3n) is 2.74. The molecule has 0 spiro atoms. The van der Waals surface area contributed by atoms with Gasteiger partial charge in [-0.2, -0.15) is 0 Å². The molecule has 0 aliphatic rings. The molecular formula is C15H11BrCl2O. The molecular weight excluding hydrogens is 347 g/mol. The molecule has 4 heteroatoms. The van der Waals surface area contributed by atoms with Crippen molar-refractivity contribution in [2.45, 2.75) is 11.2 Å². The minimum Gasteiger partial charge on any atom is -0.294 e. The summed E-state index contributed by atoms with van der Waals surface area (Å²) in [7, 11) is 0. The number of ketones is 1. The second kappa shape index (κ2) is 6.56. The van der Waals surface area contributed by atoms with Crippen molar-refractivity contribution in [2.24, 2.45) is 0 Å². The summed E-state index contributed by atoms with van der Waals surface area (Å²) in [4.78, 5) is 12.1. The van der Waals surface area contributed by atoms with Crippen molar-refractivity contribution in [3.63, 3.8) is 0 Å². The first-order chi connectivity index (χ1) is 9.06. The topological polar surface area (TPSA) is 17.1 Å². The van der Waals surface area contributed by atoms with Crippen molar-refractivity contribution >= 4 is 44.9 Å². The number of hydrogen-bond acceptors (Lipinski definition) is 1. The van der Waals surface area contributed by atoms with Gasteiger partial charge in [-0.1, -0.05) is 63.4 Å². The molecule has 0 heterocycles. The Morgan fingerprint density at radius 1 is 1.05 bits per heavy atom. The van der Waals surface area contributed by atoms with Crippen LogP contribution in [0.3, 0.4) is 0 Å². The minimum atomic E-state index is -0.0313. The van der Waals surface area contributed by atoms with Crippen LogP contribution in [0.1, 0.15) is 27.2 Å². The average Bonchev–Trinajstić information content (AvgIpc) is 2.39. The van der Waals surface area contributed by atoms with Gasteiger partial charge < -0.3 is 0 Å². The van der Waals surface area contributed by atoms with Gasteiger partial charge in [-0.3, -0.25) is 4.79 Å². The monoisotopic (exact) mass is 356 g/mol. The Balaban J connectivity index is 2.08. The van der Waals surface area contributed by atoms with Crippen LogP contribution in [0.5, 0.6) is 0 Å². The maximum Gasteiger partial charge on any atom is 0.164 e. The van der Waals surface area contributed by atoms with Crippen LogP contribution in [0.15, 0.2) is 48.5 Å². The van der Waals surface area contributed by atoms with Gasteiger partial charge in [-0.25, -0.2) is 0 Å². The zero-order chi connectivity index (χ0) is 13.8. The first kappa shape index (κ1) is 14.6. The highest BCUT2D eigenvalue weighted by Crippen LogP contribution is 2.29. The number of carbonyl (C=O) groups is 1. The molecule has 0 aliphatic carbocycles. The van der Waals surface area contributed by atoms with Crippen molar-refractivity contribution in [1.82, 2.24) is 0 Å². The molecule has 2 rings (SSSR count). The summed E-state index contributed by atoms with van der Waals surface area (Å²) in [5.74, 6) is 0.0549. The lowest BCUT2D eigenvalue weighted by Crippen LogP contribution is -2.03. The van der Waals surface area contributed by atoms with Crippen LogP contribution in [-0.4, -0.2) is 5.78 Å². The van der Waals surface area contributed by atoms with Gasteiger partial charge in [-0.15, -0.1) is 0 Å². The molecule has 19 heavy (non-hydrogen) atoms. The lowest BCUT2D eigenvalue weighted by atomic mass is 10.0. The SMILES string of the molecule is O=C(CC(Br)c1ccc(Cl)cc1)c1cccc(Cl)c1. The summed E-state index contributed by atoms with van der Waals surface area (Å²) < 4.78 is 0. The molecule has 0 N–H and O–H groups in total. The standard InChI is InChI=1S/C15H11BrCl2O/c16-14(10-4-6-12(17)7-5-10)9-15(19)11-2-1-3-13(18)8-11/h1-8,14H,9H2. The Morgan fingerprint density at radius 2 is 1.74 bits per heavy atom. The second-order valence-corrected chi connectivity index (χ2v) is 6.13. The van der Waals surface area contributed by atoms with E-state index in [1.807, 2.05) is 24.3 Å². The number of benzene rings is 2. The van der Waals surface area contributed by atoms with E-state index in [1.165, 1.54) is 0 Å². The summed E-state index contributed by atoms with van der Waals surface area (Å²) >= 11 is 15.2. The quantitative estimate of drug-likeness (QED) is 0.506. The van der Waals surface area contributed by atoms with Crippen molar-refractivity contribution in [3.8, 4) is 0 Å². The molecule has 0 fully saturated rings. The molecule has 2 aromatic carbocycles. The van der Waals surface area contributed by atoms with Gasteiger partial charge >= 0.3 is 0 Å². The summed E-state index contributed by atoms with van der Waals surface area (Å²) in [6.45, 7) is 0. The fourth-order valence-electron chi connectivity index (χ4n) is 1.73. The van der Waals surface area contributed by atoms with E-state index in [0.29, 0.717) is 22.0 Å². The molecule has 1 unspecified atom stereocenters. The molecule has 98 valence electrons. The molecule has 0 aromatic heterocycles. The molecule has 0 radical (unpaired) electrons. The van der Waals surface area contributed by atoms with Crippen LogP contribution in [-0.2, 0) is 0 Å². The molecule has 2 aromatic rings. The summed E-state index contributed by atoms with van der Waals surface area (Å²) in [6.07, 6.45) is 0.377. The van der Waals surface area contributed by atoms with E-state index in [4.69, 9.17) is 23.2 Å². The van der Waals surface area contributed by atoms with Gasteiger partial charge in [0.15, 0.2) is 5.78 Å². The molecule has 0 saturated heterocycles. The van der Waals surface area contributed by atoms with Gasteiger partial charge in [0, 0.05) is 26.9 Å².